The zero-order chi connectivity index (χ0) is 11.1. The van der Waals surface area contributed by atoms with Gasteiger partial charge in [0.15, 0.2) is 0 Å². The maximum atomic E-state index is 11.6. The maximum absolute atomic E-state index is 11.6. The number of rotatable bonds is 0. The SMILES string of the molecule is O=C1Cc2cc3cccnc3cc2C(=O)N1. The van der Waals surface area contributed by atoms with Gasteiger partial charge in [-0.3, -0.25) is 19.9 Å². The first kappa shape index (κ1) is 9.03. The van der Waals surface area contributed by atoms with Crippen molar-refractivity contribution in [1.29, 1.82) is 0 Å². The van der Waals surface area contributed by atoms with E-state index in [-0.39, 0.29) is 18.2 Å². The van der Waals surface area contributed by atoms with Crippen molar-refractivity contribution in [1.82, 2.24) is 10.3 Å². The molecule has 0 bridgehead atoms. The van der Waals surface area contributed by atoms with Gasteiger partial charge in [0, 0.05) is 17.1 Å². The summed E-state index contributed by atoms with van der Waals surface area (Å²) in [5.41, 5.74) is 2.09. The second-order valence-electron chi connectivity index (χ2n) is 3.76. The first-order valence-corrected chi connectivity index (χ1v) is 4.96. The lowest BCUT2D eigenvalue weighted by molar-refractivity contribution is -0.119. The van der Waals surface area contributed by atoms with Crippen LogP contribution >= 0.6 is 0 Å². The molecule has 0 fully saturated rings. The highest BCUT2D eigenvalue weighted by molar-refractivity contribution is 6.11. The van der Waals surface area contributed by atoms with Crippen LogP contribution in [0.15, 0.2) is 30.5 Å². The van der Waals surface area contributed by atoms with Crippen LogP contribution in [0.4, 0.5) is 0 Å². The van der Waals surface area contributed by atoms with E-state index < -0.39 is 0 Å². The molecule has 0 unspecified atom stereocenters. The minimum absolute atomic E-state index is 0.249. The molecule has 78 valence electrons. The van der Waals surface area contributed by atoms with Crippen LogP contribution in [0.3, 0.4) is 0 Å². The van der Waals surface area contributed by atoms with Crippen molar-refractivity contribution >= 4 is 22.7 Å². The smallest absolute Gasteiger partial charge is 0.258 e. The number of fused-ring (bicyclic) bond motifs is 2. The van der Waals surface area contributed by atoms with Gasteiger partial charge in [-0.2, -0.15) is 0 Å². The van der Waals surface area contributed by atoms with Gasteiger partial charge in [0.2, 0.25) is 5.91 Å². The molecule has 1 aromatic carbocycles. The number of nitrogens with zero attached hydrogens (tertiary/aromatic N) is 1. The lowest BCUT2D eigenvalue weighted by Gasteiger charge is -2.15. The van der Waals surface area contributed by atoms with Crippen LogP contribution in [0.2, 0.25) is 0 Å². The summed E-state index contributed by atoms with van der Waals surface area (Å²) >= 11 is 0. The highest BCUT2D eigenvalue weighted by atomic mass is 16.2. The summed E-state index contributed by atoms with van der Waals surface area (Å²) in [6.07, 6.45) is 1.94. The molecule has 0 aliphatic carbocycles. The number of carbonyl (C=O) groups excluding carboxylic acids is 2. The zero-order valence-corrected chi connectivity index (χ0v) is 8.36. The van der Waals surface area contributed by atoms with Gasteiger partial charge in [-0.05, 0) is 23.8 Å². The fourth-order valence-corrected chi connectivity index (χ4v) is 1.94. The van der Waals surface area contributed by atoms with Crippen molar-refractivity contribution < 1.29 is 9.59 Å². The average Bonchev–Trinajstić information content (AvgIpc) is 2.27. The molecule has 2 aromatic rings. The molecule has 0 saturated carbocycles. The Hall–Kier alpha value is -2.23. The standard InChI is InChI=1S/C12H8N2O2/c15-11-5-8-4-7-2-1-3-13-10(7)6-9(8)12(16)14-11/h1-4,6H,5H2,(H,14,15,16). The quantitative estimate of drug-likeness (QED) is 0.664. The molecular weight excluding hydrogens is 204 g/mol. The molecular formula is C12H8N2O2. The third kappa shape index (κ3) is 1.27. The van der Waals surface area contributed by atoms with Crippen LogP contribution in [-0.2, 0) is 11.2 Å². The Morgan fingerprint density at radius 1 is 1.25 bits per heavy atom. The van der Waals surface area contributed by atoms with Gasteiger partial charge in [-0.15, -0.1) is 0 Å². The van der Waals surface area contributed by atoms with Crippen molar-refractivity contribution in [2.75, 3.05) is 0 Å². The van der Waals surface area contributed by atoms with Crippen LogP contribution in [0, 0.1) is 0 Å². The normalized spacial score (nSPS) is 14.8. The van der Waals surface area contributed by atoms with Crippen molar-refractivity contribution in [2.24, 2.45) is 0 Å². The number of hydrogen-bond donors (Lipinski definition) is 1. The highest BCUT2D eigenvalue weighted by Crippen LogP contribution is 2.21. The summed E-state index contributed by atoms with van der Waals surface area (Å²) in [5, 5.41) is 3.24. The van der Waals surface area contributed by atoms with Gasteiger partial charge in [-0.1, -0.05) is 6.07 Å². The van der Waals surface area contributed by atoms with Gasteiger partial charge in [0.05, 0.1) is 11.9 Å². The molecule has 1 aliphatic heterocycles. The highest BCUT2D eigenvalue weighted by Gasteiger charge is 2.22. The minimum atomic E-state index is -0.334. The number of pyridine rings is 1. The minimum Gasteiger partial charge on any atom is -0.292 e. The van der Waals surface area contributed by atoms with E-state index >= 15 is 0 Å². The van der Waals surface area contributed by atoms with Crippen molar-refractivity contribution in [3.05, 3.63) is 41.6 Å². The van der Waals surface area contributed by atoms with Crippen LogP contribution in [0.25, 0.3) is 10.9 Å². The van der Waals surface area contributed by atoms with Crippen molar-refractivity contribution in [3.8, 4) is 0 Å². The molecule has 0 spiro atoms. The van der Waals surface area contributed by atoms with E-state index in [2.05, 4.69) is 10.3 Å². The Morgan fingerprint density at radius 2 is 2.12 bits per heavy atom. The number of carbonyl (C=O) groups is 2. The lowest BCUT2D eigenvalue weighted by atomic mass is 9.97. The van der Waals surface area contributed by atoms with E-state index in [1.807, 2.05) is 18.2 Å². The molecule has 16 heavy (non-hydrogen) atoms. The topological polar surface area (TPSA) is 59.1 Å². The zero-order valence-electron chi connectivity index (χ0n) is 8.36. The first-order valence-electron chi connectivity index (χ1n) is 4.96. The van der Waals surface area contributed by atoms with Crippen LogP contribution < -0.4 is 5.32 Å². The summed E-state index contributed by atoms with van der Waals surface area (Å²) in [7, 11) is 0. The molecule has 0 radical (unpaired) electrons. The summed E-state index contributed by atoms with van der Waals surface area (Å²) in [5.74, 6) is -0.584. The Balaban J connectivity index is 2.30. The average molecular weight is 212 g/mol. The second-order valence-corrected chi connectivity index (χ2v) is 3.76. The van der Waals surface area contributed by atoms with Crippen LogP contribution in [-0.4, -0.2) is 16.8 Å². The predicted molar refractivity (Wildman–Crippen MR) is 57.9 cm³/mol. The largest absolute Gasteiger partial charge is 0.292 e. The van der Waals surface area contributed by atoms with E-state index in [9.17, 15) is 9.59 Å². The van der Waals surface area contributed by atoms with Gasteiger partial charge in [0.25, 0.3) is 5.91 Å². The number of aromatic nitrogens is 1. The molecule has 0 atom stereocenters. The lowest BCUT2D eigenvalue weighted by Crippen LogP contribution is -2.37. The monoisotopic (exact) mass is 212 g/mol. The third-order valence-corrected chi connectivity index (χ3v) is 2.68. The Labute approximate surface area is 91.3 Å². The van der Waals surface area contributed by atoms with Gasteiger partial charge >= 0.3 is 0 Å². The Bertz CT molecular complexity index is 619. The van der Waals surface area contributed by atoms with Gasteiger partial charge < -0.3 is 0 Å². The first-order chi connectivity index (χ1) is 7.74. The van der Waals surface area contributed by atoms with E-state index in [0.29, 0.717) is 5.56 Å². The number of hydrogen-bond acceptors (Lipinski definition) is 3. The number of benzene rings is 1. The van der Waals surface area contributed by atoms with E-state index in [1.165, 1.54) is 0 Å². The van der Waals surface area contributed by atoms with Gasteiger partial charge in [-0.25, -0.2) is 0 Å². The predicted octanol–water partition coefficient (Wildman–Crippen LogP) is 1.05. The summed E-state index contributed by atoms with van der Waals surface area (Å²) in [6, 6.07) is 7.33. The molecule has 1 N–H and O–H groups in total. The third-order valence-electron chi connectivity index (χ3n) is 2.68. The van der Waals surface area contributed by atoms with E-state index in [0.717, 1.165) is 16.5 Å². The molecule has 1 aliphatic rings. The molecule has 3 rings (SSSR count). The molecule has 1 aromatic heterocycles. The van der Waals surface area contributed by atoms with Crippen LogP contribution in [0.5, 0.6) is 0 Å². The summed E-state index contributed by atoms with van der Waals surface area (Å²) in [4.78, 5) is 27.0. The van der Waals surface area contributed by atoms with Crippen molar-refractivity contribution in [3.63, 3.8) is 0 Å². The summed E-state index contributed by atoms with van der Waals surface area (Å²) < 4.78 is 0. The van der Waals surface area contributed by atoms with Crippen molar-refractivity contribution in [2.45, 2.75) is 6.42 Å². The number of imide groups is 1. The molecule has 2 heterocycles. The fraction of sp³-hybridized carbons (Fsp3) is 0.0833. The Morgan fingerprint density at radius 3 is 3.00 bits per heavy atom. The molecule has 2 amide bonds. The number of amides is 2. The molecule has 0 saturated heterocycles. The molecule has 4 nitrogen and oxygen atoms in total. The number of nitrogens with one attached hydrogen (secondary N) is 1. The van der Waals surface area contributed by atoms with E-state index in [1.54, 1.807) is 12.3 Å². The molecule has 4 heteroatoms. The summed E-state index contributed by atoms with van der Waals surface area (Å²) in [6.45, 7) is 0. The maximum Gasteiger partial charge on any atom is 0.258 e. The second kappa shape index (κ2) is 3.13. The fourth-order valence-electron chi connectivity index (χ4n) is 1.94. The Kier molecular flexibility index (Phi) is 1.77. The van der Waals surface area contributed by atoms with E-state index in [4.69, 9.17) is 0 Å². The van der Waals surface area contributed by atoms with Crippen LogP contribution in [0.1, 0.15) is 15.9 Å². The van der Waals surface area contributed by atoms with Gasteiger partial charge in [0.1, 0.15) is 0 Å².